The predicted octanol–water partition coefficient (Wildman–Crippen LogP) is 4.13. The largest absolute Gasteiger partial charge is 0.497 e. The lowest BCUT2D eigenvalue weighted by atomic mass is 10.1. The number of halogens is 1. The normalized spacial score (nSPS) is 10.7. The van der Waals surface area contributed by atoms with Gasteiger partial charge in [0.1, 0.15) is 11.5 Å². The Bertz CT molecular complexity index is 975. The number of hydrogen-bond donors (Lipinski definition) is 0. The molecule has 0 saturated heterocycles. The van der Waals surface area contributed by atoms with E-state index in [0.717, 1.165) is 5.56 Å². The van der Waals surface area contributed by atoms with Crippen molar-refractivity contribution in [3.63, 3.8) is 0 Å². The number of aromatic nitrogens is 3. The average molecular weight is 404 g/mol. The van der Waals surface area contributed by atoms with Gasteiger partial charge in [-0.2, -0.15) is 0 Å². The molecule has 0 aliphatic rings. The highest BCUT2D eigenvalue weighted by atomic mass is 35.5. The molecular weight excluding hydrogens is 386 g/mol. The van der Waals surface area contributed by atoms with Crippen molar-refractivity contribution in [1.29, 1.82) is 0 Å². The number of Topliss-reactive ketones (excluding diaryl/α,β-unsaturated/α-hetero) is 1. The Balaban J connectivity index is 1.76. The van der Waals surface area contributed by atoms with Crippen LogP contribution in [0.1, 0.15) is 10.4 Å². The van der Waals surface area contributed by atoms with Gasteiger partial charge < -0.3 is 14.0 Å². The van der Waals surface area contributed by atoms with Crippen LogP contribution in [0.5, 0.6) is 11.5 Å². The molecule has 3 rings (SSSR count). The quantitative estimate of drug-likeness (QED) is 0.436. The zero-order valence-electron chi connectivity index (χ0n) is 15.1. The van der Waals surface area contributed by atoms with E-state index in [-0.39, 0.29) is 11.5 Å². The van der Waals surface area contributed by atoms with Gasteiger partial charge in [0.05, 0.1) is 30.6 Å². The lowest BCUT2D eigenvalue weighted by Gasteiger charge is -2.09. The summed E-state index contributed by atoms with van der Waals surface area (Å²) in [6, 6.07) is 12.6. The van der Waals surface area contributed by atoms with E-state index in [9.17, 15) is 4.79 Å². The molecule has 0 saturated carbocycles. The summed E-state index contributed by atoms with van der Waals surface area (Å²) in [7, 11) is 4.94. The molecule has 27 heavy (non-hydrogen) atoms. The Labute approximate surface area is 166 Å². The molecule has 0 radical (unpaired) electrons. The second-order valence-corrected chi connectivity index (χ2v) is 6.97. The SMILES string of the molecule is COc1ccc(C(=O)CSc2nnc(-c3ccccc3Cl)n2C)c(OC)c1. The van der Waals surface area contributed by atoms with Gasteiger partial charge in [0, 0.05) is 18.7 Å². The molecule has 0 amide bonds. The van der Waals surface area contributed by atoms with Crippen molar-refractivity contribution in [3.8, 4) is 22.9 Å². The minimum absolute atomic E-state index is 0.0678. The van der Waals surface area contributed by atoms with Gasteiger partial charge in [0.25, 0.3) is 0 Å². The van der Waals surface area contributed by atoms with Crippen LogP contribution >= 0.6 is 23.4 Å². The predicted molar refractivity (Wildman–Crippen MR) is 106 cm³/mol. The van der Waals surface area contributed by atoms with Crippen LogP contribution in [0.3, 0.4) is 0 Å². The molecule has 2 aromatic carbocycles. The van der Waals surface area contributed by atoms with Crippen LogP contribution in [0.25, 0.3) is 11.4 Å². The third kappa shape index (κ3) is 4.09. The van der Waals surface area contributed by atoms with E-state index < -0.39 is 0 Å². The van der Waals surface area contributed by atoms with Gasteiger partial charge in [-0.1, -0.05) is 35.5 Å². The first kappa shape index (κ1) is 19.3. The summed E-state index contributed by atoms with van der Waals surface area (Å²) in [5.74, 6) is 1.90. The van der Waals surface area contributed by atoms with E-state index >= 15 is 0 Å². The monoisotopic (exact) mass is 403 g/mol. The topological polar surface area (TPSA) is 66.2 Å². The van der Waals surface area contributed by atoms with E-state index in [1.165, 1.54) is 18.9 Å². The Kier molecular flexibility index (Phi) is 6.03. The van der Waals surface area contributed by atoms with E-state index in [0.29, 0.717) is 33.1 Å². The van der Waals surface area contributed by atoms with Crippen molar-refractivity contribution >= 4 is 29.1 Å². The first-order valence-electron chi connectivity index (χ1n) is 8.07. The summed E-state index contributed by atoms with van der Waals surface area (Å²) in [5, 5.41) is 9.62. The number of ketones is 1. The van der Waals surface area contributed by atoms with Crippen LogP contribution in [-0.2, 0) is 7.05 Å². The maximum absolute atomic E-state index is 12.6. The molecule has 3 aromatic rings. The maximum atomic E-state index is 12.6. The summed E-state index contributed by atoms with van der Waals surface area (Å²) >= 11 is 7.55. The van der Waals surface area contributed by atoms with E-state index in [4.69, 9.17) is 21.1 Å². The summed E-state index contributed by atoms with van der Waals surface area (Å²) in [5.41, 5.74) is 1.29. The fraction of sp³-hybridized carbons (Fsp3) is 0.211. The Morgan fingerprint density at radius 2 is 1.93 bits per heavy atom. The lowest BCUT2D eigenvalue weighted by molar-refractivity contribution is 0.101. The molecule has 8 heteroatoms. The lowest BCUT2D eigenvalue weighted by Crippen LogP contribution is -2.06. The third-order valence-corrected chi connectivity index (χ3v) is 5.34. The molecule has 0 aliphatic carbocycles. The van der Waals surface area contributed by atoms with Gasteiger partial charge in [0.15, 0.2) is 16.8 Å². The van der Waals surface area contributed by atoms with Gasteiger partial charge >= 0.3 is 0 Å². The van der Waals surface area contributed by atoms with E-state index in [2.05, 4.69) is 10.2 Å². The van der Waals surface area contributed by atoms with Crippen LogP contribution in [0, 0.1) is 0 Å². The van der Waals surface area contributed by atoms with Crippen LogP contribution in [-0.4, -0.2) is 40.5 Å². The summed E-state index contributed by atoms with van der Waals surface area (Å²) in [4.78, 5) is 12.6. The van der Waals surface area contributed by atoms with Crippen LogP contribution in [0.4, 0.5) is 0 Å². The number of carbonyl (C=O) groups is 1. The Morgan fingerprint density at radius 1 is 1.15 bits per heavy atom. The number of benzene rings is 2. The second-order valence-electron chi connectivity index (χ2n) is 5.62. The summed E-state index contributed by atoms with van der Waals surface area (Å²) in [6.45, 7) is 0. The highest BCUT2D eigenvalue weighted by Gasteiger charge is 2.17. The van der Waals surface area contributed by atoms with Gasteiger partial charge in [-0.3, -0.25) is 4.79 Å². The number of rotatable bonds is 7. The molecular formula is C19H18ClN3O3S. The smallest absolute Gasteiger partial charge is 0.191 e. The van der Waals surface area contributed by atoms with Gasteiger partial charge in [0.2, 0.25) is 0 Å². The molecule has 0 atom stereocenters. The Morgan fingerprint density at radius 3 is 2.63 bits per heavy atom. The molecule has 140 valence electrons. The van der Waals surface area contributed by atoms with Crippen LogP contribution in [0.15, 0.2) is 47.6 Å². The number of carbonyl (C=O) groups excluding carboxylic acids is 1. The van der Waals surface area contributed by atoms with Gasteiger partial charge in [-0.25, -0.2) is 0 Å². The first-order valence-corrected chi connectivity index (χ1v) is 9.43. The molecule has 0 aliphatic heterocycles. The second kappa shape index (κ2) is 8.45. The number of thioether (sulfide) groups is 1. The highest BCUT2D eigenvalue weighted by Crippen LogP contribution is 2.30. The first-order chi connectivity index (χ1) is 13.0. The van der Waals surface area contributed by atoms with Crippen molar-refractivity contribution in [1.82, 2.24) is 14.8 Å². The Hall–Kier alpha value is -2.51. The van der Waals surface area contributed by atoms with Crippen molar-refractivity contribution < 1.29 is 14.3 Å². The molecule has 0 bridgehead atoms. The minimum Gasteiger partial charge on any atom is -0.497 e. The van der Waals surface area contributed by atoms with Gasteiger partial charge in [-0.05, 0) is 24.3 Å². The van der Waals surface area contributed by atoms with E-state index in [1.807, 2.05) is 29.8 Å². The fourth-order valence-electron chi connectivity index (χ4n) is 2.55. The van der Waals surface area contributed by atoms with Crippen molar-refractivity contribution in [2.45, 2.75) is 5.16 Å². The molecule has 0 N–H and O–H groups in total. The van der Waals surface area contributed by atoms with Crippen LogP contribution < -0.4 is 9.47 Å². The zero-order valence-corrected chi connectivity index (χ0v) is 16.7. The van der Waals surface area contributed by atoms with Crippen molar-refractivity contribution in [2.75, 3.05) is 20.0 Å². The van der Waals surface area contributed by atoms with Crippen LogP contribution in [0.2, 0.25) is 5.02 Å². The molecule has 6 nitrogen and oxygen atoms in total. The van der Waals surface area contributed by atoms with E-state index in [1.54, 1.807) is 31.4 Å². The zero-order chi connectivity index (χ0) is 19.4. The summed E-state index contributed by atoms with van der Waals surface area (Å²) < 4.78 is 12.3. The third-order valence-electron chi connectivity index (χ3n) is 3.99. The maximum Gasteiger partial charge on any atom is 0.191 e. The molecule has 1 heterocycles. The average Bonchev–Trinajstić information content (AvgIpc) is 3.06. The van der Waals surface area contributed by atoms with Gasteiger partial charge in [-0.15, -0.1) is 10.2 Å². The number of methoxy groups -OCH3 is 2. The number of ether oxygens (including phenoxy) is 2. The number of hydrogen-bond acceptors (Lipinski definition) is 6. The molecule has 0 spiro atoms. The molecule has 0 fully saturated rings. The number of nitrogens with zero attached hydrogens (tertiary/aromatic N) is 3. The molecule has 1 aromatic heterocycles. The minimum atomic E-state index is -0.0678. The highest BCUT2D eigenvalue weighted by molar-refractivity contribution is 7.99. The van der Waals surface area contributed by atoms with Crippen molar-refractivity contribution in [2.24, 2.45) is 7.05 Å². The van der Waals surface area contributed by atoms with Crippen molar-refractivity contribution in [3.05, 3.63) is 53.1 Å². The summed E-state index contributed by atoms with van der Waals surface area (Å²) in [6.07, 6.45) is 0. The standard InChI is InChI=1S/C19H18ClN3O3S/c1-23-18(13-6-4-5-7-15(13)20)21-22-19(23)27-11-16(24)14-9-8-12(25-2)10-17(14)26-3/h4-10H,11H2,1-3H3. The fourth-order valence-corrected chi connectivity index (χ4v) is 3.57. The molecule has 0 unspecified atom stereocenters.